The zero-order chi connectivity index (χ0) is 13.8. The van der Waals surface area contributed by atoms with Gasteiger partial charge in [-0.25, -0.2) is 17.4 Å². The zero-order valence-corrected chi connectivity index (χ0v) is 14.9. The third-order valence-electron chi connectivity index (χ3n) is 3.28. The Labute approximate surface area is 139 Å². The van der Waals surface area contributed by atoms with Crippen LogP contribution in [0.5, 0.6) is 0 Å². The lowest BCUT2D eigenvalue weighted by atomic mass is 10.2. The van der Waals surface area contributed by atoms with Crippen LogP contribution in [-0.2, 0) is 9.84 Å². The molecule has 1 aromatic carbocycles. The van der Waals surface area contributed by atoms with Crippen molar-refractivity contribution in [2.45, 2.75) is 11.3 Å². The fourth-order valence-corrected chi connectivity index (χ4v) is 6.64. The predicted molar refractivity (Wildman–Crippen MR) is 77.0 cm³/mol. The number of sulfone groups is 1. The van der Waals surface area contributed by atoms with E-state index in [-0.39, 0.29) is 39.8 Å². The Kier molecular flexibility index (Phi) is 4.54. The number of nitrogens with two attached hydrogens (primary N) is 1. The zero-order valence-electron chi connectivity index (χ0n) is 10.1. The molecule has 2 aliphatic heterocycles. The molecule has 0 saturated carbocycles. The largest absolute Gasteiger partial charge is 1.00 e. The van der Waals surface area contributed by atoms with Crippen LogP contribution in [0, 0.1) is 5.82 Å². The average Bonchev–Trinajstić information content (AvgIpc) is 2.70. The van der Waals surface area contributed by atoms with Crippen molar-refractivity contribution >= 4 is 48.4 Å². The number of hydrogen-bond donors (Lipinski definition) is 1. The molecule has 9 heteroatoms. The van der Waals surface area contributed by atoms with Crippen molar-refractivity contribution in [3.8, 4) is 0 Å². The van der Waals surface area contributed by atoms with Crippen LogP contribution >= 0.6 is 27.7 Å². The second-order valence-electron chi connectivity index (χ2n) is 4.60. The summed E-state index contributed by atoms with van der Waals surface area (Å²) >= 11 is 4.51. The summed E-state index contributed by atoms with van der Waals surface area (Å²) in [6.45, 7) is 0. The molecule has 0 aromatic heterocycles. The summed E-state index contributed by atoms with van der Waals surface area (Å²) in [6, 6.07) is 4.41. The van der Waals surface area contributed by atoms with E-state index in [9.17, 15) is 12.8 Å². The van der Waals surface area contributed by atoms with Crippen LogP contribution in [0.2, 0.25) is 0 Å². The van der Waals surface area contributed by atoms with E-state index in [2.05, 4.69) is 15.9 Å². The Balaban J connectivity index is 0.00000147. The highest BCUT2D eigenvalue weighted by molar-refractivity contribution is 9.10. The Hall–Kier alpha value is -0.120. The SMILES string of the molecule is NC1=[N+](c2ccc(Br)cc2F)C2CS(=O)(=O)CC2S1.[Br-]. The molecule has 0 bridgehead atoms. The molecule has 1 saturated heterocycles. The van der Waals surface area contributed by atoms with Gasteiger partial charge in [0, 0.05) is 4.47 Å². The van der Waals surface area contributed by atoms with Gasteiger partial charge in [0.25, 0.3) is 0 Å². The lowest BCUT2D eigenvalue weighted by Crippen LogP contribution is -3.00. The molecule has 0 radical (unpaired) electrons. The third kappa shape index (κ3) is 2.77. The Morgan fingerprint density at radius 3 is 2.75 bits per heavy atom. The molecule has 1 aromatic rings. The first-order chi connectivity index (χ1) is 8.87. The second kappa shape index (κ2) is 5.58. The van der Waals surface area contributed by atoms with Crippen molar-refractivity contribution in [2.75, 3.05) is 11.5 Å². The van der Waals surface area contributed by atoms with E-state index in [1.807, 2.05) is 0 Å². The van der Waals surface area contributed by atoms with Crippen LogP contribution in [0.15, 0.2) is 22.7 Å². The Morgan fingerprint density at radius 2 is 2.10 bits per heavy atom. The number of halogens is 3. The molecule has 1 fully saturated rings. The maximum absolute atomic E-state index is 14.0. The monoisotopic (exact) mass is 444 g/mol. The van der Waals surface area contributed by atoms with Crippen LogP contribution in [0.3, 0.4) is 0 Å². The van der Waals surface area contributed by atoms with Crippen molar-refractivity contribution in [3.63, 3.8) is 0 Å². The van der Waals surface area contributed by atoms with Crippen LogP contribution in [-0.4, -0.2) is 41.0 Å². The van der Waals surface area contributed by atoms with E-state index in [0.29, 0.717) is 15.3 Å². The molecule has 4 nitrogen and oxygen atoms in total. The van der Waals surface area contributed by atoms with Gasteiger partial charge >= 0.3 is 5.17 Å². The lowest BCUT2D eigenvalue weighted by Gasteiger charge is -2.11. The van der Waals surface area contributed by atoms with Crippen molar-refractivity contribution in [3.05, 3.63) is 28.5 Å². The summed E-state index contributed by atoms with van der Waals surface area (Å²) in [5, 5.41) is 0.360. The minimum atomic E-state index is -3.05. The minimum Gasteiger partial charge on any atom is -1.00 e. The molecule has 2 unspecified atom stereocenters. The fourth-order valence-electron chi connectivity index (χ4n) is 2.50. The van der Waals surface area contributed by atoms with Crippen LogP contribution in [0.1, 0.15) is 0 Å². The predicted octanol–water partition coefficient (Wildman–Crippen LogP) is -1.54. The standard InChI is InChI=1S/C11H10BrFN2O2S2.BrH/c12-6-1-2-8(7(13)3-6)15-9-4-19(16,17)5-10(9)18-11(15)14;/h1-3,9-10,14H,4-5H2;1H. The molecule has 2 atom stereocenters. The molecular formula is C11H11Br2FN2O2S2. The number of nitrogens with zero attached hydrogens (tertiary/aromatic N) is 1. The van der Waals surface area contributed by atoms with E-state index >= 15 is 0 Å². The molecule has 0 amide bonds. The van der Waals surface area contributed by atoms with Crippen LogP contribution in [0.4, 0.5) is 10.1 Å². The van der Waals surface area contributed by atoms with Gasteiger partial charge in [-0.15, -0.1) is 0 Å². The molecule has 20 heavy (non-hydrogen) atoms. The molecule has 0 spiro atoms. The fraction of sp³-hybridized carbons (Fsp3) is 0.364. The highest BCUT2D eigenvalue weighted by atomic mass is 79.9. The number of fused-ring (bicyclic) bond motifs is 1. The second-order valence-corrected chi connectivity index (χ2v) is 8.93. The highest BCUT2D eigenvalue weighted by Gasteiger charge is 2.50. The van der Waals surface area contributed by atoms with Gasteiger partial charge in [0.15, 0.2) is 21.3 Å². The van der Waals surface area contributed by atoms with E-state index < -0.39 is 15.7 Å². The van der Waals surface area contributed by atoms with Gasteiger partial charge in [-0.3, -0.25) is 5.73 Å². The summed E-state index contributed by atoms with van der Waals surface area (Å²) in [6.07, 6.45) is 0. The maximum atomic E-state index is 14.0. The van der Waals surface area contributed by atoms with E-state index in [1.165, 1.54) is 17.8 Å². The van der Waals surface area contributed by atoms with E-state index in [1.54, 1.807) is 16.7 Å². The number of amidine groups is 1. The van der Waals surface area contributed by atoms with Gasteiger partial charge in [0.1, 0.15) is 6.04 Å². The minimum absolute atomic E-state index is 0. The van der Waals surface area contributed by atoms with Crippen molar-refractivity contribution in [1.29, 1.82) is 0 Å². The number of rotatable bonds is 1. The smallest absolute Gasteiger partial charge is 0.310 e. The highest BCUT2D eigenvalue weighted by Crippen LogP contribution is 2.37. The van der Waals surface area contributed by atoms with Crippen molar-refractivity contribution < 1.29 is 34.4 Å². The number of hydrogen-bond acceptors (Lipinski definition) is 4. The van der Waals surface area contributed by atoms with Gasteiger partial charge in [0.2, 0.25) is 0 Å². The Bertz CT molecular complexity index is 694. The van der Waals surface area contributed by atoms with Crippen molar-refractivity contribution in [1.82, 2.24) is 0 Å². The van der Waals surface area contributed by atoms with E-state index in [0.717, 1.165) is 0 Å². The van der Waals surface area contributed by atoms with Gasteiger partial charge in [-0.2, -0.15) is 0 Å². The maximum Gasteiger partial charge on any atom is 0.310 e. The first-order valence-electron chi connectivity index (χ1n) is 5.61. The molecule has 110 valence electrons. The van der Waals surface area contributed by atoms with E-state index in [4.69, 9.17) is 5.73 Å². The first kappa shape index (κ1) is 16.3. The van der Waals surface area contributed by atoms with Crippen LogP contribution < -0.4 is 22.7 Å². The normalized spacial score (nSPS) is 27.3. The number of benzene rings is 1. The molecule has 0 aliphatic carbocycles. The first-order valence-corrected chi connectivity index (χ1v) is 9.10. The van der Waals surface area contributed by atoms with Gasteiger partial charge in [-0.1, -0.05) is 15.9 Å². The summed E-state index contributed by atoms with van der Waals surface area (Å²) in [4.78, 5) is 0. The van der Waals surface area contributed by atoms with Gasteiger partial charge in [-0.05, 0) is 30.0 Å². The molecule has 3 rings (SSSR count). The summed E-state index contributed by atoms with van der Waals surface area (Å²) < 4.78 is 39.6. The van der Waals surface area contributed by atoms with Crippen LogP contribution in [0.25, 0.3) is 0 Å². The molecule has 2 heterocycles. The molecule has 2 N–H and O–H groups in total. The summed E-state index contributed by atoms with van der Waals surface area (Å²) in [5.74, 6) is -0.277. The third-order valence-corrected chi connectivity index (χ3v) is 6.92. The Morgan fingerprint density at radius 1 is 1.40 bits per heavy atom. The topological polar surface area (TPSA) is 63.2 Å². The van der Waals surface area contributed by atoms with Gasteiger partial charge in [0.05, 0.1) is 16.8 Å². The molecule has 2 aliphatic rings. The van der Waals surface area contributed by atoms with Gasteiger partial charge < -0.3 is 17.0 Å². The molecular weight excluding hydrogens is 435 g/mol. The average molecular weight is 446 g/mol. The van der Waals surface area contributed by atoms with Crippen molar-refractivity contribution in [2.24, 2.45) is 5.73 Å². The lowest BCUT2D eigenvalue weighted by molar-refractivity contribution is -0.472. The quantitative estimate of drug-likeness (QED) is 0.532. The summed E-state index contributed by atoms with van der Waals surface area (Å²) in [7, 11) is -3.05. The summed E-state index contributed by atoms with van der Waals surface area (Å²) in [5.41, 5.74) is 6.26. The number of thioether (sulfide) groups is 1.